The van der Waals surface area contributed by atoms with Gasteiger partial charge in [0.1, 0.15) is 5.82 Å². The zero-order valence-electron chi connectivity index (χ0n) is 9.56. The van der Waals surface area contributed by atoms with Crippen molar-refractivity contribution in [2.24, 2.45) is 5.73 Å². The normalized spacial score (nSPS) is 21.6. The van der Waals surface area contributed by atoms with Crippen LogP contribution < -0.4 is 5.73 Å². The van der Waals surface area contributed by atoms with Crippen LogP contribution in [0.25, 0.3) is 0 Å². The van der Waals surface area contributed by atoms with Gasteiger partial charge in [-0.25, -0.2) is 4.39 Å². The summed E-state index contributed by atoms with van der Waals surface area (Å²) in [6, 6.07) is 3.86. The maximum absolute atomic E-state index is 14.1. The molecule has 1 nitrogen and oxygen atoms in total. The Labute approximate surface area is 95.8 Å². The standard InChI is InChI=1S/C14H18FN/c15-13-8-11-4-1-3-10(11)7-12(13)14(9-16)5-2-6-14/h7-8H,1-6,9,16H2. The van der Waals surface area contributed by atoms with Crippen molar-refractivity contribution in [2.45, 2.75) is 43.9 Å². The van der Waals surface area contributed by atoms with Crippen molar-refractivity contribution >= 4 is 0 Å². The van der Waals surface area contributed by atoms with Gasteiger partial charge in [0.05, 0.1) is 0 Å². The van der Waals surface area contributed by atoms with E-state index >= 15 is 0 Å². The van der Waals surface area contributed by atoms with Crippen LogP contribution in [0.5, 0.6) is 0 Å². The molecule has 1 saturated carbocycles. The Morgan fingerprint density at radius 1 is 1.12 bits per heavy atom. The largest absolute Gasteiger partial charge is 0.330 e. The van der Waals surface area contributed by atoms with E-state index in [9.17, 15) is 4.39 Å². The number of halogens is 1. The van der Waals surface area contributed by atoms with Crippen LogP contribution in [0.4, 0.5) is 4.39 Å². The van der Waals surface area contributed by atoms with Crippen LogP contribution in [0.2, 0.25) is 0 Å². The molecule has 2 aliphatic carbocycles. The Morgan fingerprint density at radius 2 is 1.81 bits per heavy atom. The molecule has 2 heteroatoms. The van der Waals surface area contributed by atoms with E-state index in [1.807, 2.05) is 0 Å². The summed E-state index contributed by atoms with van der Waals surface area (Å²) in [6.07, 6.45) is 6.63. The number of aryl methyl sites for hydroxylation is 2. The first-order valence-corrected chi connectivity index (χ1v) is 6.27. The molecule has 0 spiro atoms. The summed E-state index contributed by atoms with van der Waals surface area (Å²) in [5, 5.41) is 0. The Kier molecular flexibility index (Phi) is 2.28. The van der Waals surface area contributed by atoms with E-state index < -0.39 is 0 Å². The van der Waals surface area contributed by atoms with Crippen LogP contribution in [0.3, 0.4) is 0 Å². The molecule has 0 radical (unpaired) electrons. The average molecular weight is 219 g/mol. The molecular weight excluding hydrogens is 201 g/mol. The second-order valence-electron chi connectivity index (χ2n) is 5.29. The van der Waals surface area contributed by atoms with Crippen LogP contribution in [0.15, 0.2) is 12.1 Å². The van der Waals surface area contributed by atoms with Crippen molar-refractivity contribution in [2.75, 3.05) is 6.54 Å². The van der Waals surface area contributed by atoms with E-state index in [2.05, 4.69) is 6.07 Å². The highest BCUT2D eigenvalue weighted by molar-refractivity contribution is 5.41. The van der Waals surface area contributed by atoms with Crippen molar-refractivity contribution in [1.29, 1.82) is 0 Å². The van der Waals surface area contributed by atoms with Gasteiger partial charge in [0.15, 0.2) is 0 Å². The fourth-order valence-electron chi connectivity index (χ4n) is 3.19. The third-order valence-corrected chi connectivity index (χ3v) is 4.45. The smallest absolute Gasteiger partial charge is 0.127 e. The third kappa shape index (κ3) is 1.32. The van der Waals surface area contributed by atoms with Gasteiger partial charge in [0.2, 0.25) is 0 Å². The Hall–Kier alpha value is -0.890. The predicted octanol–water partition coefficient (Wildman–Crippen LogP) is 2.69. The van der Waals surface area contributed by atoms with Crippen LogP contribution >= 0.6 is 0 Å². The molecule has 0 unspecified atom stereocenters. The Morgan fingerprint density at radius 3 is 2.38 bits per heavy atom. The molecule has 0 aromatic heterocycles. The number of hydrogen-bond acceptors (Lipinski definition) is 1. The van der Waals surface area contributed by atoms with Crippen molar-refractivity contribution in [3.05, 3.63) is 34.6 Å². The lowest BCUT2D eigenvalue weighted by molar-refractivity contribution is 0.244. The molecule has 2 N–H and O–H groups in total. The van der Waals surface area contributed by atoms with Gasteiger partial charge in [-0.05, 0) is 54.9 Å². The van der Waals surface area contributed by atoms with Gasteiger partial charge in [0.25, 0.3) is 0 Å². The van der Waals surface area contributed by atoms with Crippen LogP contribution in [-0.2, 0) is 18.3 Å². The molecule has 86 valence electrons. The van der Waals surface area contributed by atoms with Gasteiger partial charge >= 0.3 is 0 Å². The van der Waals surface area contributed by atoms with E-state index in [1.54, 1.807) is 6.07 Å². The second kappa shape index (κ2) is 3.56. The summed E-state index contributed by atoms with van der Waals surface area (Å²) in [6.45, 7) is 0.586. The molecule has 16 heavy (non-hydrogen) atoms. The van der Waals surface area contributed by atoms with Gasteiger partial charge in [-0.1, -0.05) is 12.5 Å². The van der Waals surface area contributed by atoms with Gasteiger partial charge in [-0.3, -0.25) is 0 Å². The molecule has 1 aromatic carbocycles. The first-order chi connectivity index (χ1) is 7.75. The predicted molar refractivity (Wildman–Crippen MR) is 63.0 cm³/mol. The van der Waals surface area contributed by atoms with E-state index in [4.69, 9.17) is 5.73 Å². The molecular formula is C14H18FN. The van der Waals surface area contributed by atoms with Crippen LogP contribution in [0.1, 0.15) is 42.4 Å². The Balaban J connectivity index is 2.07. The fourth-order valence-corrected chi connectivity index (χ4v) is 3.19. The zero-order chi connectivity index (χ0) is 11.2. The third-order valence-electron chi connectivity index (χ3n) is 4.45. The minimum absolute atomic E-state index is 0.0224. The second-order valence-corrected chi connectivity index (χ2v) is 5.29. The molecule has 3 rings (SSSR count). The molecule has 0 bridgehead atoms. The molecule has 0 atom stereocenters. The highest BCUT2D eigenvalue weighted by Gasteiger charge is 2.39. The van der Waals surface area contributed by atoms with E-state index in [0.717, 1.165) is 31.2 Å². The van der Waals surface area contributed by atoms with Gasteiger partial charge in [0, 0.05) is 12.0 Å². The van der Waals surface area contributed by atoms with Crippen molar-refractivity contribution in [3.63, 3.8) is 0 Å². The summed E-state index contributed by atoms with van der Waals surface area (Å²) in [7, 11) is 0. The van der Waals surface area contributed by atoms with Crippen molar-refractivity contribution in [3.8, 4) is 0 Å². The van der Waals surface area contributed by atoms with Gasteiger partial charge in [-0.2, -0.15) is 0 Å². The number of hydrogen-bond donors (Lipinski definition) is 1. The summed E-state index contributed by atoms with van der Waals surface area (Å²) in [5.41, 5.74) is 9.27. The highest BCUT2D eigenvalue weighted by atomic mass is 19.1. The zero-order valence-corrected chi connectivity index (χ0v) is 9.56. The molecule has 0 heterocycles. The first-order valence-electron chi connectivity index (χ1n) is 6.27. The minimum Gasteiger partial charge on any atom is -0.330 e. The Bertz CT molecular complexity index is 415. The van der Waals surface area contributed by atoms with Crippen LogP contribution in [0, 0.1) is 5.82 Å². The van der Waals surface area contributed by atoms with Gasteiger partial charge < -0.3 is 5.73 Å². The van der Waals surface area contributed by atoms with Crippen molar-refractivity contribution < 1.29 is 4.39 Å². The highest BCUT2D eigenvalue weighted by Crippen LogP contribution is 2.45. The fraction of sp³-hybridized carbons (Fsp3) is 0.571. The lowest BCUT2D eigenvalue weighted by Gasteiger charge is -2.42. The summed E-state index contributed by atoms with van der Waals surface area (Å²) < 4.78 is 14.1. The monoisotopic (exact) mass is 219 g/mol. The quantitative estimate of drug-likeness (QED) is 0.813. The van der Waals surface area contributed by atoms with E-state index in [1.165, 1.54) is 24.0 Å². The molecule has 0 saturated heterocycles. The number of fused-ring (bicyclic) bond motifs is 1. The first kappa shape index (κ1) is 10.3. The molecule has 1 fully saturated rings. The number of rotatable bonds is 2. The summed E-state index contributed by atoms with van der Waals surface area (Å²) in [5.74, 6) is -0.0224. The summed E-state index contributed by atoms with van der Waals surface area (Å²) in [4.78, 5) is 0. The molecule has 0 aliphatic heterocycles. The number of nitrogens with two attached hydrogens (primary N) is 1. The number of benzene rings is 1. The van der Waals surface area contributed by atoms with E-state index in [0.29, 0.717) is 6.54 Å². The molecule has 1 aromatic rings. The van der Waals surface area contributed by atoms with Gasteiger partial charge in [-0.15, -0.1) is 0 Å². The maximum Gasteiger partial charge on any atom is 0.127 e. The van der Waals surface area contributed by atoms with Crippen molar-refractivity contribution in [1.82, 2.24) is 0 Å². The SMILES string of the molecule is NCC1(c2cc3c(cc2F)CCC3)CCC1. The lowest BCUT2D eigenvalue weighted by atomic mass is 9.64. The molecule has 2 aliphatic rings. The lowest BCUT2D eigenvalue weighted by Crippen LogP contribution is -2.42. The average Bonchev–Trinajstić information content (AvgIpc) is 2.64. The maximum atomic E-state index is 14.1. The minimum atomic E-state index is -0.0400. The van der Waals surface area contributed by atoms with Crippen LogP contribution in [-0.4, -0.2) is 6.54 Å². The van der Waals surface area contributed by atoms with E-state index in [-0.39, 0.29) is 11.2 Å². The summed E-state index contributed by atoms with van der Waals surface area (Å²) >= 11 is 0. The topological polar surface area (TPSA) is 26.0 Å². The molecule has 0 amide bonds.